The molecule has 0 bridgehead atoms. The summed E-state index contributed by atoms with van der Waals surface area (Å²) in [7, 11) is 0. The van der Waals surface area contributed by atoms with Crippen LogP contribution in [0.3, 0.4) is 0 Å². The lowest BCUT2D eigenvalue weighted by Crippen LogP contribution is -1.38. The molecule has 4 heteroatoms. The minimum absolute atomic E-state index is 1.38. The van der Waals surface area contributed by atoms with Crippen LogP contribution in [0, 0.1) is 0 Å². The topological polar surface area (TPSA) is 38.9 Å². The van der Waals surface area contributed by atoms with Crippen LogP contribution in [0.15, 0.2) is 40.4 Å². The number of thiazole rings is 1. The molecule has 0 aliphatic rings. The Balaban J connectivity index is -0.000000146. The zero-order chi connectivity index (χ0) is 13.1. The molecule has 0 saturated carbocycles. The summed E-state index contributed by atoms with van der Waals surface area (Å²) in [5.41, 5.74) is 1.79. The van der Waals surface area contributed by atoms with Crippen molar-refractivity contribution in [2.45, 2.75) is 41.5 Å². The van der Waals surface area contributed by atoms with Gasteiger partial charge >= 0.3 is 0 Å². The Hall–Kier alpha value is -1.16. The second-order valence-electron chi connectivity index (χ2n) is 1.35. The Kier molecular flexibility index (Phi) is 37.0. The molecule has 2 aromatic heterocycles. The summed E-state index contributed by atoms with van der Waals surface area (Å²) in [4.78, 5) is 7.30. The Bertz CT molecular complexity index is 158. The lowest BCUT2D eigenvalue weighted by Gasteiger charge is -1.47. The van der Waals surface area contributed by atoms with Crippen LogP contribution in [0.4, 0.5) is 0 Å². The average molecular weight is 244 g/mol. The van der Waals surface area contributed by atoms with E-state index in [2.05, 4.69) is 14.4 Å². The molecule has 3 nitrogen and oxygen atoms in total. The van der Waals surface area contributed by atoms with E-state index in [1.54, 1.807) is 29.2 Å². The van der Waals surface area contributed by atoms with Crippen LogP contribution in [0.25, 0.3) is 0 Å². The fourth-order valence-electron chi connectivity index (χ4n) is 0.351. The molecular formula is C12H24N2OS. The van der Waals surface area contributed by atoms with Crippen LogP contribution in [0.5, 0.6) is 0 Å². The summed E-state index contributed by atoms with van der Waals surface area (Å²) < 4.78 is 4.47. The first-order chi connectivity index (χ1) is 8.00. The van der Waals surface area contributed by atoms with Gasteiger partial charge in [-0.25, -0.2) is 4.98 Å². The molecule has 2 heterocycles. The minimum atomic E-state index is 1.38. The predicted octanol–water partition coefficient (Wildman–Crippen LogP) is 4.90. The lowest BCUT2D eigenvalue weighted by atomic mass is 11.0. The largest absolute Gasteiger partial charge is 0.452 e. The van der Waals surface area contributed by atoms with Crippen molar-refractivity contribution in [3.05, 3.63) is 35.9 Å². The molecule has 0 fully saturated rings. The van der Waals surface area contributed by atoms with Crippen LogP contribution in [-0.2, 0) is 0 Å². The van der Waals surface area contributed by atoms with Crippen LogP contribution >= 0.6 is 11.3 Å². The molecule has 0 radical (unpaired) electrons. The first-order valence-corrected chi connectivity index (χ1v) is 6.59. The monoisotopic (exact) mass is 244 g/mol. The molecule has 0 unspecified atom stereocenters. The van der Waals surface area contributed by atoms with Gasteiger partial charge in [0.25, 0.3) is 0 Å². The number of hydrogen-bond acceptors (Lipinski definition) is 4. The van der Waals surface area contributed by atoms with E-state index in [9.17, 15) is 0 Å². The second kappa shape index (κ2) is 29.2. The highest BCUT2D eigenvalue weighted by atomic mass is 32.1. The summed E-state index contributed by atoms with van der Waals surface area (Å²) >= 11 is 1.60. The third-order valence-corrected chi connectivity index (χ3v) is 1.22. The molecule has 0 aromatic carbocycles. The van der Waals surface area contributed by atoms with Gasteiger partial charge in [-0.1, -0.05) is 41.5 Å². The summed E-state index contributed by atoms with van der Waals surface area (Å²) in [6.45, 7) is 12.0. The summed E-state index contributed by atoms with van der Waals surface area (Å²) in [5, 5.41) is 1.93. The average Bonchev–Trinajstić information content (AvgIpc) is 3.14. The van der Waals surface area contributed by atoms with Crippen molar-refractivity contribution >= 4 is 11.3 Å². The Morgan fingerprint density at radius 1 is 0.875 bits per heavy atom. The molecule has 0 atom stereocenters. The Morgan fingerprint density at radius 2 is 1.50 bits per heavy atom. The van der Waals surface area contributed by atoms with Crippen molar-refractivity contribution in [3.63, 3.8) is 0 Å². The fraction of sp³-hybridized carbons (Fsp3) is 0.500. The number of hydrogen-bond donors (Lipinski definition) is 0. The van der Waals surface area contributed by atoms with Gasteiger partial charge in [-0.15, -0.1) is 11.3 Å². The van der Waals surface area contributed by atoms with Gasteiger partial charge in [0.2, 0.25) is 0 Å². The smallest absolute Gasteiger partial charge is 0.180 e. The zero-order valence-corrected chi connectivity index (χ0v) is 12.0. The van der Waals surface area contributed by atoms with Gasteiger partial charge in [-0.05, 0) is 0 Å². The third-order valence-electron chi connectivity index (χ3n) is 0.694. The number of nitrogens with zero attached hydrogens (tertiary/aromatic N) is 2. The SMILES string of the molecule is CC.CC.CC.c1cocn1.c1cscn1. The van der Waals surface area contributed by atoms with E-state index in [0.29, 0.717) is 0 Å². The van der Waals surface area contributed by atoms with Crippen molar-refractivity contribution in [1.29, 1.82) is 0 Å². The summed E-state index contributed by atoms with van der Waals surface area (Å²) in [6, 6.07) is 0. The van der Waals surface area contributed by atoms with Gasteiger partial charge in [-0.2, -0.15) is 0 Å². The lowest BCUT2D eigenvalue weighted by molar-refractivity contribution is 0.558. The van der Waals surface area contributed by atoms with E-state index in [1.807, 2.05) is 46.9 Å². The number of oxazole rings is 1. The van der Waals surface area contributed by atoms with Gasteiger partial charge in [0.15, 0.2) is 6.39 Å². The van der Waals surface area contributed by atoms with Gasteiger partial charge in [0.05, 0.1) is 11.7 Å². The van der Waals surface area contributed by atoms with Crippen LogP contribution < -0.4 is 0 Å². The third kappa shape index (κ3) is 23.0. The molecule has 94 valence electrons. The van der Waals surface area contributed by atoms with E-state index in [1.165, 1.54) is 12.7 Å². The molecule has 2 rings (SSSR count). The van der Waals surface area contributed by atoms with Crippen molar-refractivity contribution < 1.29 is 4.42 Å². The normalized spacial score (nSPS) is 6.12. The van der Waals surface area contributed by atoms with Crippen molar-refractivity contribution in [2.24, 2.45) is 0 Å². The summed E-state index contributed by atoms with van der Waals surface area (Å²) in [5.74, 6) is 0. The summed E-state index contributed by atoms with van der Waals surface area (Å²) in [6.07, 6.45) is 6.24. The first kappa shape index (κ1) is 20.3. The Labute approximate surface area is 104 Å². The van der Waals surface area contributed by atoms with E-state index in [4.69, 9.17) is 0 Å². The molecule has 0 saturated heterocycles. The molecule has 0 spiro atoms. The van der Waals surface area contributed by atoms with E-state index in [-0.39, 0.29) is 0 Å². The number of aromatic nitrogens is 2. The highest BCUT2D eigenvalue weighted by Crippen LogP contribution is 1.85. The first-order valence-electron chi connectivity index (χ1n) is 5.64. The maximum atomic E-state index is 4.47. The van der Waals surface area contributed by atoms with Gasteiger partial charge in [-0.3, -0.25) is 4.98 Å². The van der Waals surface area contributed by atoms with Crippen molar-refractivity contribution in [2.75, 3.05) is 0 Å². The molecular weight excluding hydrogens is 220 g/mol. The standard InChI is InChI=1S/C3H3NO.C3H3NS.3C2H6/c2*1-2-5-3-4-1;3*1-2/h2*1-3H;3*1-2H3. The van der Waals surface area contributed by atoms with E-state index < -0.39 is 0 Å². The van der Waals surface area contributed by atoms with Crippen molar-refractivity contribution in [1.82, 2.24) is 9.97 Å². The van der Waals surface area contributed by atoms with Gasteiger partial charge < -0.3 is 4.42 Å². The Morgan fingerprint density at radius 3 is 1.62 bits per heavy atom. The quantitative estimate of drug-likeness (QED) is 0.662. The van der Waals surface area contributed by atoms with Gasteiger partial charge in [0.1, 0.15) is 6.26 Å². The fourth-order valence-corrected chi connectivity index (χ4v) is 0.703. The van der Waals surface area contributed by atoms with E-state index in [0.717, 1.165) is 0 Å². The predicted molar refractivity (Wildman–Crippen MR) is 72.7 cm³/mol. The minimum Gasteiger partial charge on any atom is -0.452 e. The zero-order valence-electron chi connectivity index (χ0n) is 11.2. The molecule has 16 heavy (non-hydrogen) atoms. The van der Waals surface area contributed by atoms with Crippen molar-refractivity contribution in [3.8, 4) is 0 Å². The maximum absolute atomic E-state index is 4.47. The number of rotatable bonds is 0. The molecule has 0 amide bonds. The molecule has 0 N–H and O–H groups in total. The molecule has 0 aliphatic heterocycles. The van der Waals surface area contributed by atoms with E-state index >= 15 is 0 Å². The maximum Gasteiger partial charge on any atom is 0.180 e. The highest BCUT2D eigenvalue weighted by molar-refractivity contribution is 7.07. The van der Waals surface area contributed by atoms with Gasteiger partial charge in [0, 0.05) is 11.6 Å². The van der Waals surface area contributed by atoms with Crippen LogP contribution in [0.2, 0.25) is 0 Å². The van der Waals surface area contributed by atoms with Crippen LogP contribution in [0.1, 0.15) is 41.5 Å². The molecule has 2 aromatic rings. The second-order valence-corrected chi connectivity index (χ2v) is 2.11. The van der Waals surface area contributed by atoms with Crippen LogP contribution in [-0.4, -0.2) is 9.97 Å². The molecule has 0 aliphatic carbocycles. The highest BCUT2D eigenvalue weighted by Gasteiger charge is 1.60.